The lowest BCUT2D eigenvalue weighted by Gasteiger charge is -2.22. The first-order valence-electron chi connectivity index (χ1n) is 15.4. The van der Waals surface area contributed by atoms with Gasteiger partial charge >= 0.3 is 0 Å². The Kier molecular flexibility index (Phi) is 8.59. The lowest BCUT2D eigenvalue weighted by Crippen LogP contribution is -2.45. The van der Waals surface area contributed by atoms with E-state index in [0.29, 0.717) is 22.8 Å². The number of hydrogen-bond acceptors (Lipinski definition) is 8. The number of aromatic nitrogens is 3. The molecule has 50 heavy (non-hydrogen) atoms. The van der Waals surface area contributed by atoms with Gasteiger partial charge in [0, 0.05) is 11.3 Å². The summed E-state index contributed by atoms with van der Waals surface area (Å²) in [5.41, 5.74) is 4.00. The largest absolute Gasteiger partial charge is 0.486 e. The summed E-state index contributed by atoms with van der Waals surface area (Å²) in [7, 11) is -2.62. The van der Waals surface area contributed by atoms with Crippen molar-refractivity contribution in [1.82, 2.24) is 15.2 Å². The quantitative estimate of drug-likeness (QED) is 0.172. The second kappa shape index (κ2) is 13.2. The highest BCUT2D eigenvalue weighted by molar-refractivity contribution is 7.90. The number of amides is 2. The molecule has 1 fully saturated rings. The Bertz CT molecular complexity index is 2390. The van der Waals surface area contributed by atoms with Crippen LogP contribution in [0.4, 0.5) is 11.4 Å². The van der Waals surface area contributed by atoms with Crippen LogP contribution in [0, 0.1) is 6.92 Å². The fourth-order valence-corrected chi connectivity index (χ4v) is 6.85. The maximum atomic E-state index is 14.0. The molecule has 0 radical (unpaired) electrons. The summed E-state index contributed by atoms with van der Waals surface area (Å²) in [6.45, 7) is 1.71. The number of sulfonamides is 1. The number of thiocarbonyl (C=S) groups is 1. The van der Waals surface area contributed by atoms with Crippen molar-refractivity contribution >= 4 is 61.6 Å². The van der Waals surface area contributed by atoms with Crippen molar-refractivity contribution in [1.29, 1.82) is 0 Å². The predicted octanol–water partition coefficient (Wildman–Crippen LogP) is 4.00. The summed E-state index contributed by atoms with van der Waals surface area (Å²) >= 11 is 5.80. The van der Waals surface area contributed by atoms with Gasteiger partial charge in [0.2, 0.25) is 11.8 Å². The molecule has 1 unspecified atom stereocenters. The van der Waals surface area contributed by atoms with E-state index in [1.165, 1.54) is 21.7 Å². The molecule has 1 aliphatic rings. The van der Waals surface area contributed by atoms with E-state index in [0.717, 1.165) is 16.6 Å². The number of nitrogens with one attached hydrogen (secondary N) is 1. The van der Waals surface area contributed by atoms with Crippen LogP contribution >= 0.6 is 12.2 Å². The van der Waals surface area contributed by atoms with Crippen LogP contribution in [0.25, 0.3) is 22.6 Å². The third-order valence-electron chi connectivity index (χ3n) is 8.15. The van der Waals surface area contributed by atoms with Crippen LogP contribution in [0.15, 0.2) is 121 Å². The molecule has 1 N–H and O–H groups in total. The Balaban J connectivity index is 1.15. The van der Waals surface area contributed by atoms with E-state index in [-0.39, 0.29) is 34.2 Å². The third-order valence-corrected chi connectivity index (χ3v) is 9.84. The Morgan fingerprint density at radius 2 is 1.70 bits per heavy atom. The maximum absolute atomic E-state index is 14.0. The minimum atomic E-state index is -4.17. The lowest BCUT2D eigenvalue weighted by atomic mass is 10.1. The van der Waals surface area contributed by atoms with E-state index >= 15 is 0 Å². The monoisotopic (exact) mass is 707 g/mol. The van der Waals surface area contributed by atoms with Gasteiger partial charge in [-0.05, 0) is 79.8 Å². The molecule has 4 aromatic carbocycles. The number of benzene rings is 4. The van der Waals surface area contributed by atoms with Crippen molar-refractivity contribution in [2.75, 3.05) is 10.2 Å². The van der Waals surface area contributed by atoms with Crippen molar-refractivity contribution in [3.63, 3.8) is 0 Å². The second-order valence-electron chi connectivity index (χ2n) is 11.6. The molecule has 0 spiro atoms. The van der Waals surface area contributed by atoms with E-state index in [4.69, 9.17) is 21.2 Å². The van der Waals surface area contributed by atoms with Crippen LogP contribution in [0.3, 0.4) is 0 Å². The van der Waals surface area contributed by atoms with E-state index in [1.807, 2.05) is 37.3 Å². The zero-order chi connectivity index (χ0) is 35.0. The molecule has 6 aromatic rings. The van der Waals surface area contributed by atoms with Gasteiger partial charge in [0.05, 0.1) is 17.0 Å². The SMILES string of the molecule is Cc1ccc(S(=O)(=O)/N=c2\o[n-][n+](C)c2CN2C(=S)N(c3ccccc3)C(=O)C2CC(=O)Nc2ccc(-c3nc4ccccc4o3)cc2)cc1. The minimum Gasteiger partial charge on any atom is -0.486 e. The second-order valence-corrected chi connectivity index (χ2v) is 13.5. The molecule has 2 aromatic heterocycles. The van der Waals surface area contributed by atoms with Crippen molar-refractivity contribution in [3.8, 4) is 11.5 Å². The summed E-state index contributed by atoms with van der Waals surface area (Å²) in [4.78, 5) is 34.8. The molecule has 1 atom stereocenters. The zero-order valence-corrected chi connectivity index (χ0v) is 28.4. The number of carbonyl (C=O) groups is 2. The molecule has 15 heteroatoms. The molecule has 2 amide bonds. The van der Waals surface area contributed by atoms with Crippen LogP contribution in [-0.4, -0.2) is 41.3 Å². The van der Waals surface area contributed by atoms with Gasteiger partial charge in [0.15, 0.2) is 10.7 Å². The van der Waals surface area contributed by atoms with Crippen LogP contribution in [0.5, 0.6) is 0 Å². The fraction of sp³-hybridized carbons (Fsp3) is 0.143. The van der Waals surface area contributed by atoms with Gasteiger partial charge in [0.1, 0.15) is 25.2 Å². The lowest BCUT2D eigenvalue weighted by molar-refractivity contribution is -0.752. The summed E-state index contributed by atoms with van der Waals surface area (Å²) in [6, 6.07) is 28.5. The van der Waals surface area contributed by atoms with Gasteiger partial charge in [-0.2, -0.15) is 8.42 Å². The van der Waals surface area contributed by atoms with Gasteiger partial charge < -0.3 is 19.2 Å². The number of carbonyl (C=O) groups excluding carboxylic acids is 2. The summed E-state index contributed by atoms with van der Waals surface area (Å²) in [5.74, 6) is -0.416. The smallest absolute Gasteiger partial charge is 0.289 e. The number of anilines is 2. The standard InChI is InChI=1S/C35H29N7O6S2/c1-22-12-18-26(19-13-22)50(45,46)38-33-29(40(2)39-48-33)21-41-28(34(44)42(35(41)49)25-8-4-3-5-9-25)20-31(43)36-24-16-14-23(15-17-24)32-37-27-10-6-7-11-30(27)47-32/h3-19,28H,20-21H2,1-2H3,(H,36,43)/b38-33-. The summed E-state index contributed by atoms with van der Waals surface area (Å²) < 4.78 is 42.7. The van der Waals surface area contributed by atoms with Crippen LogP contribution in [0.2, 0.25) is 0 Å². The minimum absolute atomic E-state index is 0.0216. The molecule has 1 aliphatic heterocycles. The first-order chi connectivity index (χ1) is 24.1. The molecular formula is C35H29N7O6S2. The highest BCUT2D eigenvalue weighted by Crippen LogP contribution is 2.29. The molecule has 3 heterocycles. The average Bonchev–Trinajstić information content (AvgIpc) is 3.76. The van der Waals surface area contributed by atoms with E-state index in [9.17, 15) is 18.0 Å². The average molecular weight is 708 g/mol. The van der Waals surface area contributed by atoms with Gasteiger partial charge in [-0.1, -0.05) is 48.0 Å². The van der Waals surface area contributed by atoms with Gasteiger partial charge in [0.25, 0.3) is 27.2 Å². The van der Waals surface area contributed by atoms with E-state index in [2.05, 4.69) is 20.0 Å². The summed E-state index contributed by atoms with van der Waals surface area (Å²) in [5, 5.41) is 6.85. The fourth-order valence-electron chi connectivity index (χ4n) is 5.52. The summed E-state index contributed by atoms with van der Waals surface area (Å²) in [6.07, 6.45) is -0.266. The van der Waals surface area contributed by atoms with Crippen LogP contribution in [-0.2, 0) is 33.2 Å². The highest BCUT2D eigenvalue weighted by atomic mass is 32.2. The maximum Gasteiger partial charge on any atom is 0.289 e. The van der Waals surface area contributed by atoms with E-state index < -0.39 is 27.9 Å². The van der Waals surface area contributed by atoms with Crippen LogP contribution in [0.1, 0.15) is 17.7 Å². The Morgan fingerprint density at radius 1 is 1.00 bits per heavy atom. The number of para-hydroxylation sites is 3. The molecule has 7 rings (SSSR count). The number of oxazole rings is 1. The predicted molar refractivity (Wildman–Crippen MR) is 186 cm³/mol. The number of fused-ring (bicyclic) bond motifs is 1. The zero-order valence-electron chi connectivity index (χ0n) is 26.8. The molecule has 0 aliphatic carbocycles. The number of nitrogens with zero attached hydrogens (tertiary/aromatic N) is 6. The van der Waals surface area contributed by atoms with Gasteiger partial charge in [-0.25, -0.2) is 9.67 Å². The van der Waals surface area contributed by atoms with Crippen molar-refractivity contribution in [3.05, 3.63) is 120 Å². The normalized spacial score (nSPS) is 15.3. The topological polar surface area (TPSA) is 156 Å². The molecule has 252 valence electrons. The highest BCUT2D eigenvalue weighted by Gasteiger charge is 2.45. The van der Waals surface area contributed by atoms with Gasteiger partial charge in [-0.3, -0.25) is 19.8 Å². The number of rotatable bonds is 9. The molecule has 0 bridgehead atoms. The first-order valence-corrected chi connectivity index (χ1v) is 17.3. The van der Waals surface area contributed by atoms with Crippen molar-refractivity contribution in [2.45, 2.75) is 30.8 Å². The molecule has 1 saturated heterocycles. The number of hydrogen-bond donors (Lipinski definition) is 1. The Labute approximate surface area is 291 Å². The molecule has 13 nitrogen and oxygen atoms in total. The Morgan fingerprint density at radius 3 is 2.42 bits per heavy atom. The Hall–Kier alpha value is -5.93. The number of aryl methyl sites for hydroxylation is 2. The van der Waals surface area contributed by atoms with Crippen molar-refractivity contribution < 1.29 is 31.6 Å². The first kappa shape index (κ1) is 32.6. The molecule has 0 saturated carbocycles. The van der Waals surface area contributed by atoms with E-state index in [1.54, 1.807) is 72.6 Å². The third kappa shape index (κ3) is 6.43. The molecular weight excluding hydrogens is 679 g/mol. The van der Waals surface area contributed by atoms with Crippen molar-refractivity contribution in [2.24, 2.45) is 11.4 Å². The van der Waals surface area contributed by atoms with Crippen LogP contribution < -0.4 is 25.7 Å². The van der Waals surface area contributed by atoms with Gasteiger partial charge in [-0.15, -0.1) is 4.40 Å².